The molecule has 0 bridgehead atoms. The van der Waals surface area contributed by atoms with Crippen LogP contribution in [0.1, 0.15) is 0 Å². The molecule has 0 aliphatic carbocycles. The minimum Gasteiger partial charge on any atom is -0.255 e. The molecule has 3 heteroatoms. The van der Waals surface area contributed by atoms with Crippen LogP contribution in [0.25, 0.3) is 10.9 Å². The maximum Gasteiger partial charge on any atom is 0.125 e. The summed E-state index contributed by atoms with van der Waals surface area (Å²) in [5.74, 6) is -0.280. The highest BCUT2D eigenvalue weighted by atomic mass is 35.5. The molecule has 0 fully saturated rings. The Labute approximate surface area is 73.8 Å². The maximum atomic E-state index is 12.7. The standard InChI is InChI=1S/C9H5ClFN/c10-7-3-6-1-2-8(11)4-9(6)12-5-7/h1-5H. The summed E-state index contributed by atoms with van der Waals surface area (Å²) >= 11 is 5.70. The Bertz CT molecular complexity index is 387. The fourth-order valence-electron chi connectivity index (χ4n) is 1.07. The highest BCUT2D eigenvalue weighted by molar-refractivity contribution is 6.31. The number of halogens is 2. The molecule has 0 unspecified atom stereocenters. The molecule has 12 heavy (non-hydrogen) atoms. The Kier molecular flexibility index (Phi) is 1.70. The van der Waals surface area contributed by atoms with Crippen LogP contribution in [0.15, 0.2) is 30.5 Å². The second-order valence-corrected chi connectivity index (χ2v) is 2.93. The predicted molar refractivity (Wildman–Crippen MR) is 46.7 cm³/mol. The zero-order chi connectivity index (χ0) is 8.55. The van der Waals surface area contributed by atoms with E-state index in [2.05, 4.69) is 4.98 Å². The molecule has 1 nitrogen and oxygen atoms in total. The van der Waals surface area contributed by atoms with E-state index in [4.69, 9.17) is 11.6 Å². The van der Waals surface area contributed by atoms with Gasteiger partial charge in [-0.2, -0.15) is 0 Å². The van der Waals surface area contributed by atoms with Crippen molar-refractivity contribution < 1.29 is 4.39 Å². The lowest BCUT2D eigenvalue weighted by Crippen LogP contribution is -1.80. The summed E-state index contributed by atoms with van der Waals surface area (Å²) in [6.07, 6.45) is 1.50. The van der Waals surface area contributed by atoms with Crippen molar-refractivity contribution in [1.29, 1.82) is 0 Å². The zero-order valence-corrected chi connectivity index (χ0v) is 6.85. The average molecular weight is 182 g/mol. The number of pyridine rings is 1. The Morgan fingerprint density at radius 1 is 1.25 bits per heavy atom. The van der Waals surface area contributed by atoms with Gasteiger partial charge >= 0.3 is 0 Å². The van der Waals surface area contributed by atoms with Crippen LogP contribution in [0.2, 0.25) is 5.02 Å². The van der Waals surface area contributed by atoms with E-state index >= 15 is 0 Å². The summed E-state index contributed by atoms with van der Waals surface area (Å²) < 4.78 is 12.7. The molecule has 2 rings (SSSR count). The monoisotopic (exact) mass is 181 g/mol. The first-order valence-corrected chi connectivity index (χ1v) is 3.84. The van der Waals surface area contributed by atoms with Gasteiger partial charge in [-0.05, 0) is 18.2 Å². The highest BCUT2D eigenvalue weighted by Gasteiger charge is 1.96. The van der Waals surface area contributed by atoms with E-state index in [1.807, 2.05) is 0 Å². The number of rotatable bonds is 0. The summed E-state index contributed by atoms with van der Waals surface area (Å²) in [5.41, 5.74) is 0.624. The Balaban J connectivity index is 2.79. The van der Waals surface area contributed by atoms with Gasteiger partial charge in [0.25, 0.3) is 0 Å². The summed E-state index contributed by atoms with van der Waals surface area (Å²) in [7, 11) is 0. The normalized spacial score (nSPS) is 10.5. The van der Waals surface area contributed by atoms with Gasteiger partial charge in [-0.25, -0.2) is 4.39 Å². The van der Waals surface area contributed by atoms with Crippen LogP contribution < -0.4 is 0 Å². The van der Waals surface area contributed by atoms with Crippen molar-refractivity contribution in [2.75, 3.05) is 0 Å². The number of aromatic nitrogens is 1. The smallest absolute Gasteiger partial charge is 0.125 e. The van der Waals surface area contributed by atoms with Gasteiger partial charge in [0.05, 0.1) is 10.5 Å². The van der Waals surface area contributed by atoms with Crippen LogP contribution in [-0.4, -0.2) is 4.98 Å². The Morgan fingerprint density at radius 3 is 2.92 bits per heavy atom. The molecule has 0 saturated heterocycles. The summed E-state index contributed by atoms with van der Waals surface area (Å²) in [6, 6.07) is 6.18. The molecule has 60 valence electrons. The first kappa shape index (κ1) is 7.50. The van der Waals surface area contributed by atoms with Crippen molar-refractivity contribution in [3.63, 3.8) is 0 Å². The zero-order valence-electron chi connectivity index (χ0n) is 6.09. The van der Waals surface area contributed by atoms with Crippen molar-refractivity contribution in [2.45, 2.75) is 0 Å². The molecule has 0 amide bonds. The van der Waals surface area contributed by atoms with Crippen LogP contribution in [0, 0.1) is 5.82 Å². The molecule has 0 aliphatic rings. The van der Waals surface area contributed by atoms with E-state index in [1.54, 1.807) is 12.1 Å². The van der Waals surface area contributed by atoms with Gasteiger partial charge in [-0.15, -0.1) is 0 Å². The molecule has 1 heterocycles. The maximum absolute atomic E-state index is 12.7. The molecule has 0 atom stereocenters. The van der Waals surface area contributed by atoms with E-state index < -0.39 is 0 Å². The van der Waals surface area contributed by atoms with E-state index in [1.165, 1.54) is 18.3 Å². The third kappa shape index (κ3) is 1.25. The molecule has 0 spiro atoms. The first-order valence-electron chi connectivity index (χ1n) is 3.46. The molecule has 1 aromatic heterocycles. The van der Waals surface area contributed by atoms with E-state index in [-0.39, 0.29) is 5.82 Å². The second kappa shape index (κ2) is 2.72. The van der Waals surface area contributed by atoms with Crippen LogP contribution >= 0.6 is 11.6 Å². The van der Waals surface area contributed by atoms with E-state index in [0.29, 0.717) is 10.5 Å². The minimum atomic E-state index is -0.280. The quantitative estimate of drug-likeness (QED) is 0.609. The largest absolute Gasteiger partial charge is 0.255 e. The number of hydrogen-bond donors (Lipinski definition) is 0. The third-order valence-corrected chi connectivity index (χ3v) is 1.82. The van der Waals surface area contributed by atoms with Crippen molar-refractivity contribution in [1.82, 2.24) is 4.98 Å². The van der Waals surface area contributed by atoms with Gasteiger partial charge in [-0.1, -0.05) is 11.6 Å². The SMILES string of the molecule is Fc1ccc2cc(Cl)cnc2c1. The number of hydrogen-bond acceptors (Lipinski definition) is 1. The minimum absolute atomic E-state index is 0.280. The van der Waals surface area contributed by atoms with Gasteiger partial charge in [0.15, 0.2) is 0 Å². The van der Waals surface area contributed by atoms with Crippen molar-refractivity contribution in [2.24, 2.45) is 0 Å². The summed E-state index contributed by atoms with van der Waals surface area (Å²) in [4.78, 5) is 3.97. The molecular weight excluding hydrogens is 177 g/mol. The summed E-state index contributed by atoms with van der Waals surface area (Å²) in [5, 5.41) is 1.41. The van der Waals surface area contributed by atoms with E-state index in [0.717, 1.165) is 5.39 Å². The molecule has 0 saturated carbocycles. The van der Waals surface area contributed by atoms with Crippen LogP contribution in [-0.2, 0) is 0 Å². The lowest BCUT2D eigenvalue weighted by atomic mass is 10.2. The van der Waals surface area contributed by atoms with Gasteiger partial charge in [0.2, 0.25) is 0 Å². The first-order chi connectivity index (χ1) is 5.75. The third-order valence-electron chi connectivity index (χ3n) is 1.61. The average Bonchev–Trinajstić information content (AvgIpc) is 2.05. The number of nitrogens with zero attached hydrogens (tertiary/aromatic N) is 1. The van der Waals surface area contributed by atoms with Crippen molar-refractivity contribution in [3.8, 4) is 0 Å². The van der Waals surface area contributed by atoms with Gasteiger partial charge < -0.3 is 0 Å². The molecular formula is C9H5ClFN. The van der Waals surface area contributed by atoms with Crippen LogP contribution in [0.4, 0.5) is 4.39 Å². The highest BCUT2D eigenvalue weighted by Crippen LogP contribution is 2.16. The lowest BCUT2D eigenvalue weighted by Gasteiger charge is -1.96. The molecule has 0 N–H and O–H groups in total. The van der Waals surface area contributed by atoms with Crippen molar-refractivity contribution >= 4 is 22.5 Å². The topological polar surface area (TPSA) is 12.9 Å². The number of benzene rings is 1. The molecule has 1 aromatic carbocycles. The van der Waals surface area contributed by atoms with E-state index in [9.17, 15) is 4.39 Å². The molecule has 0 aliphatic heterocycles. The van der Waals surface area contributed by atoms with Crippen LogP contribution in [0.3, 0.4) is 0 Å². The Hall–Kier alpha value is -1.15. The Morgan fingerprint density at radius 2 is 2.08 bits per heavy atom. The summed E-state index contributed by atoms with van der Waals surface area (Å²) in [6.45, 7) is 0. The fraction of sp³-hybridized carbons (Fsp3) is 0. The number of fused-ring (bicyclic) bond motifs is 1. The molecule has 2 aromatic rings. The van der Waals surface area contributed by atoms with Crippen LogP contribution in [0.5, 0.6) is 0 Å². The van der Waals surface area contributed by atoms with Crippen molar-refractivity contribution in [3.05, 3.63) is 41.3 Å². The second-order valence-electron chi connectivity index (χ2n) is 2.49. The fourth-order valence-corrected chi connectivity index (χ4v) is 1.23. The predicted octanol–water partition coefficient (Wildman–Crippen LogP) is 3.03. The lowest BCUT2D eigenvalue weighted by molar-refractivity contribution is 0.629. The van der Waals surface area contributed by atoms with Gasteiger partial charge in [0.1, 0.15) is 5.82 Å². The van der Waals surface area contributed by atoms with Gasteiger partial charge in [0, 0.05) is 17.6 Å². The molecule has 0 radical (unpaired) electrons. The van der Waals surface area contributed by atoms with Gasteiger partial charge in [-0.3, -0.25) is 4.98 Å².